The van der Waals surface area contributed by atoms with Gasteiger partial charge in [0.1, 0.15) is 35.2 Å². The maximum absolute atomic E-state index is 12.6. The standard InChI is InChI=1S/C23H40O3Si.C22H37O6P.C12H19OSi.C11H22O2.Bi.2H/c1-22(2,3)17-13-14-20(21(15-17)24-7)25-18-11-10-12-19(16-18)26-27(8,9)23(4,5)6;1-7-26-29(23,27-8-2)16-25-18-10-9-11-19(15-18)28-20-13-12-17(22(3,4)5)14-21(20)24-6;1-12(2,3)14(4,5)13-11-9-7-6-8-10-11;1-11(2,3)8-5-6-9(12)10(7-8)13-4;;;/h10-12,16-17,20-21H,13-15H2,1-9H3;9-11,15,17,20-21H,7-8,12-14,16H2,1-6H3;6-7,9-10H,1-5H3;8-10,12H,5-7H2,1-4H3;;;/t2*17?,20-,21-;;8?,9-,10-;;;/m11.1.../s1. The van der Waals surface area contributed by atoms with Gasteiger partial charge in [0, 0.05) is 33.5 Å². The summed E-state index contributed by atoms with van der Waals surface area (Å²) in [5, 5.41) is 10.1. The van der Waals surface area contributed by atoms with Gasteiger partial charge in [-0.05, 0) is 148 Å². The Morgan fingerprint density at radius 1 is 0.488 bits per heavy atom. The second kappa shape index (κ2) is 33.2. The normalized spacial score (nSPS) is 23.7. The molecule has 0 amide bonds. The van der Waals surface area contributed by atoms with E-state index < -0.39 is 24.2 Å². The molecule has 482 valence electrons. The fourth-order valence-corrected chi connectivity index (χ4v) is 14.9. The number of aliphatic hydroxyl groups excluding tert-OH is 1. The van der Waals surface area contributed by atoms with Crippen LogP contribution in [0.3, 0.4) is 0 Å². The van der Waals surface area contributed by atoms with Crippen molar-refractivity contribution in [1.82, 2.24) is 0 Å². The van der Waals surface area contributed by atoms with Gasteiger partial charge in [0.25, 0.3) is 0 Å². The van der Waals surface area contributed by atoms with E-state index in [9.17, 15) is 9.67 Å². The van der Waals surface area contributed by atoms with E-state index in [1.807, 2.05) is 49.6 Å². The molecule has 3 aliphatic carbocycles. The Bertz CT molecular complexity index is 2410. The van der Waals surface area contributed by atoms with Gasteiger partial charge in [-0.1, -0.05) is 95.2 Å². The van der Waals surface area contributed by atoms with E-state index in [2.05, 4.69) is 154 Å². The van der Waals surface area contributed by atoms with Gasteiger partial charge in [-0.2, -0.15) is 0 Å². The minimum atomic E-state index is -3.26. The Balaban J connectivity index is 0.000000309. The predicted molar refractivity (Wildman–Crippen MR) is 357 cm³/mol. The van der Waals surface area contributed by atoms with Gasteiger partial charge in [-0.15, -0.1) is 0 Å². The first-order chi connectivity index (χ1) is 38.7. The molecule has 0 heterocycles. The van der Waals surface area contributed by atoms with Crippen molar-refractivity contribution in [3.8, 4) is 28.7 Å². The van der Waals surface area contributed by atoms with Crippen molar-refractivity contribution in [3.63, 3.8) is 0 Å². The van der Waals surface area contributed by atoms with Crippen molar-refractivity contribution < 1.29 is 56.0 Å². The number of aliphatic hydroxyl groups is 1. The van der Waals surface area contributed by atoms with E-state index in [1.165, 1.54) is 9.69 Å². The van der Waals surface area contributed by atoms with Crippen molar-refractivity contribution >= 4 is 52.2 Å². The summed E-state index contributed by atoms with van der Waals surface area (Å²) in [6.45, 7) is 47.5. The van der Waals surface area contributed by atoms with Gasteiger partial charge in [-0.25, -0.2) is 0 Å². The Morgan fingerprint density at radius 3 is 1.20 bits per heavy atom. The molecule has 3 aromatic rings. The summed E-state index contributed by atoms with van der Waals surface area (Å²) in [6, 6.07) is 24.0. The minimum Gasteiger partial charge on any atom is -0.543 e. The molecule has 6 rings (SSSR count). The van der Waals surface area contributed by atoms with Gasteiger partial charge < -0.3 is 47.0 Å². The number of methoxy groups -OCH3 is 3. The van der Waals surface area contributed by atoms with E-state index in [4.69, 9.17) is 46.3 Å². The Labute approximate surface area is 529 Å². The Morgan fingerprint density at radius 2 is 0.833 bits per heavy atom. The summed E-state index contributed by atoms with van der Waals surface area (Å²) in [5.74, 6) is 6.11. The van der Waals surface area contributed by atoms with Crippen molar-refractivity contribution in [1.29, 1.82) is 0 Å². The van der Waals surface area contributed by atoms with Gasteiger partial charge in [0.2, 0.25) is 8.32 Å². The van der Waals surface area contributed by atoms with Crippen molar-refractivity contribution in [2.45, 2.75) is 248 Å². The van der Waals surface area contributed by atoms with Crippen molar-refractivity contribution in [3.05, 3.63) is 72.8 Å². The molecular weight excluding hydrogens is 1300 g/mol. The number of hydrogen-bond acceptors (Lipinski definition) is 12. The second-order valence-corrected chi connectivity index (χ2v) is 43.8. The predicted octanol–water partition coefficient (Wildman–Crippen LogP) is 17.1. The van der Waals surface area contributed by atoms with Gasteiger partial charge in [0.15, 0.2) is 6.35 Å². The molecule has 3 aromatic carbocycles. The molecule has 3 unspecified atom stereocenters. The quantitative estimate of drug-likeness (QED) is 0.0961. The molecule has 0 aliphatic heterocycles. The molecule has 16 heteroatoms. The topological polar surface area (TPSA) is 130 Å². The largest absolute Gasteiger partial charge is 0.543 e. The smallest absolute Gasteiger partial charge is 0.367 e. The first kappa shape index (κ1) is 76.2. The molecule has 0 bridgehead atoms. The fraction of sp³-hybridized carbons (Fsp3) is 0.735. The minimum absolute atomic E-state index is 0.00630. The third kappa shape index (κ3) is 25.1. The van der Waals surface area contributed by atoms with Crippen LogP contribution >= 0.6 is 7.60 Å². The summed E-state index contributed by atoms with van der Waals surface area (Å²) >= 11 is 0.887. The zero-order valence-electron chi connectivity index (χ0n) is 57.1. The van der Waals surface area contributed by atoms with Crippen molar-refractivity contribution in [2.75, 3.05) is 40.9 Å². The molecule has 0 aromatic heterocycles. The molecule has 9 atom stereocenters. The van der Waals surface area contributed by atoms with E-state index in [-0.39, 0.29) is 58.5 Å². The fourth-order valence-electron chi connectivity index (χ4n) is 10.4. The van der Waals surface area contributed by atoms with E-state index in [1.54, 1.807) is 34.1 Å². The summed E-state index contributed by atoms with van der Waals surface area (Å²) in [6.07, 6.45) is 9.37. The third-order valence-electron chi connectivity index (χ3n) is 18.2. The van der Waals surface area contributed by atoms with Crippen LogP contribution in [-0.2, 0) is 27.8 Å². The molecule has 0 saturated heterocycles. The van der Waals surface area contributed by atoms with Crippen LogP contribution in [0.15, 0.2) is 72.8 Å². The molecule has 84 heavy (non-hydrogen) atoms. The first-order valence-electron chi connectivity index (χ1n) is 31.3. The van der Waals surface area contributed by atoms with Crippen LogP contribution in [0, 0.1) is 34.0 Å². The molecular formula is C68H120BiO12PSi2. The summed E-state index contributed by atoms with van der Waals surface area (Å²) < 4.78 is 72.3. The average Bonchev–Trinajstić information content (AvgIpc) is 3.56. The maximum Gasteiger partial charge on any atom is 0.367 e. The van der Waals surface area contributed by atoms with Crippen LogP contribution in [0.2, 0.25) is 36.3 Å². The SMILES string of the molecule is CC(C)(C)[Si](C)(C)Oc1ccc[c]([BiH2])c1.CCOP(=O)(COc1cccc(O[C@@H]2CCC(C(C)(C)C)C[C@H]2OC)c1)OCC.CO[C@@H]1CC(C(C)(C)C)CC[C@H]1O.CO[C@@H]1CC(C(C)(C)C)CC[C@H]1Oc1cccc(O[Si](C)(C)C(C)(C)C)c1. The molecule has 3 aliphatic rings. The molecule has 12 nitrogen and oxygen atoms in total. The maximum atomic E-state index is 12.6. The zero-order chi connectivity index (χ0) is 63.7. The Hall–Kier alpha value is -2.03. The summed E-state index contributed by atoms with van der Waals surface area (Å²) in [5.41, 5.74) is 0.931. The number of ether oxygens (including phenoxy) is 6. The van der Waals surface area contributed by atoms with Crippen LogP contribution in [0.4, 0.5) is 0 Å². The van der Waals surface area contributed by atoms with E-state index in [0.29, 0.717) is 53.3 Å². The van der Waals surface area contributed by atoms with Crippen LogP contribution in [0.25, 0.3) is 0 Å². The molecule has 3 fully saturated rings. The van der Waals surface area contributed by atoms with Crippen LogP contribution in [0.1, 0.15) is 175 Å². The average molecular weight is 1430 g/mol. The monoisotopic (exact) mass is 1420 g/mol. The number of hydrogen-bond donors (Lipinski definition) is 1. The first-order valence-corrected chi connectivity index (χ1v) is 41.0. The molecule has 0 spiro atoms. The third-order valence-corrected chi connectivity index (χ3v) is 30.1. The number of rotatable bonds is 18. The number of benzene rings is 3. The van der Waals surface area contributed by atoms with Crippen LogP contribution in [-0.4, -0.2) is 124 Å². The van der Waals surface area contributed by atoms with Gasteiger partial charge in [0.05, 0.1) is 37.6 Å². The molecule has 0 radical (unpaired) electrons. The van der Waals surface area contributed by atoms with Gasteiger partial charge in [-0.3, -0.25) is 4.57 Å². The summed E-state index contributed by atoms with van der Waals surface area (Å²) in [4.78, 5) is 0. The van der Waals surface area contributed by atoms with E-state index >= 15 is 0 Å². The van der Waals surface area contributed by atoms with Crippen LogP contribution < -0.4 is 26.3 Å². The van der Waals surface area contributed by atoms with Gasteiger partial charge >= 0.3 is 117 Å². The zero-order valence-corrected chi connectivity index (χ0v) is 64.5. The second-order valence-electron chi connectivity index (χ2n) is 29.8. The van der Waals surface area contributed by atoms with E-state index in [0.717, 1.165) is 93.3 Å². The molecule has 1 N–H and O–H groups in total. The summed E-state index contributed by atoms with van der Waals surface area (Å²) in [7, 11) is -1.50. The Kier molecular flexibility index (Phi) is 30.1. The van der Waals surface area contributed by atoms with Crippen LogP contribution in [0.5, 0.6) is 28.7 Å². The molecule has 3 saturated carbocycles. The van der Waals surface area contributed by atoms with Crippen molar-refractivity contribution in [2.24, 2.45) is 34.0 Å².